The maximum absolute atomic E-state index is 13.4. The van der Waals surface area contributed by atoms with Gasteiger partial charge in [0.2, 0.25) is 0 Å². The number of amides is 1. The third-order valence-corrected chi connectivity index (χ3v) is 7.73. The number of nitrogens with zero attached hydrogens (tertiary/aromatic N) is 2. The summed E-state index contributed by atoms with van der Waals surface area (Å²) in [5, 5.41) is 0. The molecule has 0 radical (unpaired) electrons. The molecular formula is C23H26N2O5S. The Balaban J connectivity index is 1.50. The van der Waals surface area contributed by atoms with Crippen molar-refractivity contribution in [3.8, 4) is 0 Å². The summed E-state index contributed by atoms with van der Waals surface area (Å²) in [6.07, 6.45) is 3.65. The zero-order chi connectivity index (χ0) is 22.0. The molecule has 1 amide bonds. The van der Waals surface area contributed by atoms with Gasteiger partial charge in [-0.15, -0.1) is 0 Å². The summed E-state index contributed by atoms with van der Waals surface area (Å²) in [5.41, 5.74) is 1.74. The van der Waals surface area contributed by atoms with E-state index in [4.69, 9.17) is 4.74 Å². The van der Waals surface area contributed by atoms with Crippen LogP contribution >= 0.6 is 0 Å². The van der Waals surface area contributed by atoms with Crippen LogP contribution in [0.25, 0.3) is 0 Å². The Morgan fingerprint density at radius 2 is 1.77 bits per heavy atom. The Morgan fingerprint density at radius 1 is 1.03 bits per heavy atom. The van der Waals surface area contributed by atoms with E-state index in [0.717, 1.165) is 24.8 Å². The molecule has 164 valence electrons. The fraction of sp³-hybridized carbons (Fsp3) is 0.391. The minimum absolute atomic E-state index is 0.0212. The maximum atomic E-state index is 13.4. The highest BCUT2D eigenvalue weighted by molar-refractivity contribution is 7.92. The smallest absolute Gasteiger partial charge is 0.338 e. The van der Waals surface area contributed by atoms with Crippen LogP contribution in [-0.4, -0.2) is 50.9 Å². The van der Waals surface area contributed by atoms with Gasteiger partial charge >= 0.3 is 5.97 Å². The SMILES string of the molecule is C[C@H]1Cc2ccccc2N1S(=O)(=O)c1cccc(C(=O)OCC(=O)N2CCCCC2)c1. The Morgan fingerprint density at radius 3 is 2.55 bits per heavy atom. The molecule has 0 aliphatic carbocycles. The van der Waals surface area contributed by atoms with Gasteiger partial charge in [-0.1, -0.05) is 24.3 Å². The van der Waals surface area contributed by atoms with Gasteiger partial charge in [0, 0.05) is 19.1 Å². The van der Waals surface area contributed by atoms with E-state index in [9.17, 15) is 18.0 Å². The Kier molecular flexibility index (Phi) is 6.00. The lowest BCUT2D eigenvalue weighted by Crippen LogP contribution is -2.38. The lowest BCUT2D eigenvalue weighted by Gasteiger charge is -2.26. The third kappa shape index (κ3) is 4.30. The quantitative estimate of drug-likeness (QED) is 0.665. The zero-order valence-corrected chi connectivity index (χ0v) is 18.3. The van der Waals surface area contributed by atoms with E-state index < -0.39 is 16.0 Å². The number of benzene rings is 2. The molecule has 7 nitrogen and oxygen atoms in total. The first-order valence-electron chi connectivity index (χ1n) is 10.6. The van der Waals surface area contributed by atoms with Crippen molar-refractivity contribution in [1.29, 1.82) is 0 Å². The van der Waals surface area contributed by atoms with Gasteiger partial charge in [0.1, 0.15) is 0 Å². The van der Waals surface area contributed by atoms with E-state index in [-0.39, 0.29) is 29.0 Å². The fourth-order valence-electron chi connectivity index (χ4n) is 4.25. The minimum Gasteiger partial charge on any atom is -0.452 e. The van der Waals surface area contributed by atoms with Crippen LogP contribution in [0.15, 0.2) is 53.4 Å². The van der Waals surface area contributed by atoms with Gasteiger partial charge in [-0.3, -0.25) is 9.10 Å². The molecule has 0 saturated carbocycles. The number of fused-ring (bicyclic) bond motifs is 1. The van der Waals surface area contributed by atoms with Crippen LogP contribution < -0.4 is 4.31 Å². The average molecular weight is 443 g/mol. The highest BCUT2D eigenvalue weighted by Crippen LogP contribution is 2.36. The van der Waals surface area contributed by atoms with E-state index in [1.54, 1.807) is 11.0 Å². The molecule has 1 fully saturated rings. The highest BCUT2D eigenvalue weighted by atomic mass is 32.2. The number of likely N-dealkylation sites (tertiary alicyclic amines) is 1. The van der Waals surface area contributed by atoms with Crippen molar-refractivity contribution in [2.45, 2.75) is 43.5 Å². The van der Waals surface area contributed by atoms with Crippen molar-refractivity contribution in [3.05, 3.63) is 59.7 Å². The molecule has 2 aromatic rings. The number of carbonyl (C=O) groups excluding carboxylic acids is 2. The maximum Gasteiger partial charge on any atom is 0.338 e. The number of carbonyl (C=O) groups is 2. The fourth-order valence-corrected chi connectivity index (χ4v) is 5.98. The van der Waals surface area contributed by atoms with Crippen molar-refractivity contribution in [3.63, 3.8) is 0 Å². The Hall–Kier alpha value is -2.87. The van der Waals surface area contributed by atoms with Gasteiger partial charge in [-0.25, -0.2) is 13.2 Å². The molecule has 1 atom stereocenters. The molecule has 1 saturated heterocycles. The van der Waals surface area contributed by atoms with Crippen molar-refractivity contribution >= 4 is 27.6 Å². The summed E-state index contributed by atoms with van der Waals surface area (Å²) >= 11 is 0. The van der Waals surface area contributed by atoms with Crippen LogP contribution in [0, 0.1) is 0 Å². The molecule has 2 aliphatic heterocycles. The molecule has 2 aromatic carbocycles. The standard InChI is InChI=1S/C23H26N2O5S/c1-17-14-18-8-3-4-11-21(18)25(17)31(28,29)20-10-7-9-19(15-20)23(27)30-16-22(26)24-12-5-2-6-13-24/h3-4,7-11,15,17H,2,5-6,12-14,16H2,1H3/t17-/m0/s1. The molecule has 31 heavy (non-hydrogen) atoms. The predicted molar refractivity (Wildman–Crippen MR) is 116 cm³/mol. The van der Waals surface area contributed by atoms with Gasteiger partial charge < -0.3 is 9.64 Å². The van der Waals surface area contributed by atoms with Gasteiger partial charge in [-0.05, 0) is 62.4 Å². The molecule has 8 heteroatoms. The van der Waals surface area contributed by atoms with Crippen molar-refractivity contribution in [1.82, 2.24) is 4.90 Å². The lowest BCUT2D eigenvalue weighted by molar-refractivity contribution is -0.135. The van der Waals surface area contributed by atoms with Crippen molar-refractivity contribution in [2.24, 2.45) is 0 Å². The number of hydrogen-bond donors (Lipinski definition) is 0. The monoisotopic (exact) mass is 442 g/mol. The van der Waals surface area contributed by atoms with E-state index >= 15 is 0 Å². The predicted octanol–water partition coefficient (Wildman–Crippen LogP) is 3.00. The van der Waals surface area contributed by atoms with Crippen LogP contribution in [0.1, 0.15) is 42.1 Å². The van der Waals surface area contributed by atoms with E-state index in [0.29, 0.717) is 25.2 Å². The number of ether oxygens (including phenoxy) is 1. The van der Waals surface area contributed by atoms with Crippen LogP contribution in [0.5, 0.6) is 0 Å². The number of anilines is 1. The number of rotatable bonds is 5. The molecule has 0 N–H and O–H groups in total. The molecule has 0 spiro atoms. The van der Waals surface area contributed by atoms with Crippen molar-refractivity contribution in [2.75, 3.05) is 24.0 Å². The van der Waals surface area contributed by atoms with Gasteiger partial charge in [0.15, 0.2) is 6.61 Å². The summed E-state index contributed by atoms with van der Waals surface area (Å²) in [7, 11) is -3.86. The van der Waals surface area contributed by atoms with Crippen molar-refractivity contribution < 1.29 is 22.7 Å². The van der Waals surface area contributed by atoms with Crippen LogP contribution in [0.2, 0.25) is 0 Å². The number of hydrogen-bond acceptors (Lipinski definition) is 5. The average Bonchev–Trinajstić information content (AvgIpc) is 3.14. The van der Waals surface area contributed by atoms with Crippen LogP contribution in [-0.2, 0) is 26.0 Å². The Labute approximate surface area is 182 Å². The first-order chi connectivity index (χ1) is 14.9. The number of sulfonamides is 1. The van der Waals surface area contributed by atoms with E-state index in [1.165, 1.54) is 28.6 Å². The minimum atomic E-state index is -3.86. The summed E-state index contributed by atoms with van der Waals surface area (Å²) < 4.78 is 33.3. The van der Waals surface area contributed by atoms with Gasteiger partial charge in [-0.2, -0.15) is 0 Å². The summed E-state index contributed by atoms with van der Waals surface area (Å²) in [5.74, 6) is -0.934. The second-order valence-corrected chi connectivity index (χ2v) is 9.84. The molecule has 4 rings (SSSR count). The second kappa shape index (κ2) is 8.70. The first kappa shape index (κ1) is 21.4. The van der Waals surface area contributed by atoms with Crippen LogP contribution in [0.4, 0.5) is 5.69 Å². The summed E-state index contributed by atoms with van der Waals surface area (Å²) in [6, 6.07) is 13.0. The normalized spacial score (nSPS) is 18.5. The van der Waals surface area contributed by atoms with Gasteiger partial charge in [0.25, 0.3) is 15.9 Å². The van der Waals surface area contributed by atoms with E-state index in [1.807, 2.05) is 25.1 Å². The number of para-hydroxylation sites is 1. The second-order valence-electron chi connectivity index (χ2n) is 8.03. The van der Waals surface area contributed by atoms with Gasteiger partial charge in [0.05, 0.1) is 16.1 Å². The third-order valence-electron chi connectivity index (χ3n) is 5.81. The van der Waals surface area contributed by atoms with Crippen LogP contribution in [0.3, 0.4) is 0 Å². The number of esters is 1. The summed E-state index contributed by atoms with van der Waals surface area (Å²) in [4.78, 5) is 26.4. The molecule has 0 aromatic heterocycles. The number of piperidine rings is 1. The summed E-state index contributed by atoms with van der Waals surface area (Å²) in [6.45, 7) is 2.88. The lowest BCUT2D eigenvalue weighted by atomic mass is 10.1. The molecule has 0 bridgehead atoms. The molecular weight excluding hydrogens is 416 g/mol. The highest BCUT2D eigenvalue weighted by Gasteiger charge is 2.36. The zero-order valence-electron chi connectivity index (χ0n) is 17.5. The Bertz CT molecular complexity index is 1090. The first-order valence-corrected chi connectivity index (χ1v) is 12.0. The molecule has 2 heterocycles. The van der Waals surface area contributed by atoms with E-state index in [2.05, 4.69) is 0 Å². The largest absolute Gasteiger partial charge is 0.452 e. The topological polar surface area (TPSA) is 84.0 Å². The molecule has 0 unspecified atom stereocenters. The molecule has 2 aliphatic rings.